The van der Waals surface area contributed by atoms with Gasteiger partial charge in [-0.2, -0.15) is 0 Å². The monoisotopic (exact) mass is 838 g/mol. The maximum atomic E-state index is 9.19. The number of hydrogen-bond acceptors (Lipinski definition) is 14. The number of aliphatic imine (C=N–C) groups is 4. The summed E-state index contributed by atoms with van der Waals surface area (Å²) in [5.41, 5.74) is 4.41. The van der Waals surface area contributed by atoms with E-state index in [-0.39, 0.29) is 52.9 Å². The molecule has 0 aliphatic carbocycles. The molecule has 2 aromatic heterocycles. The second kappa shape index (κ2) is 17.2. The molecule has 6 heterocycles. The molecule has 17 heteroatoms. The third kappa shape index (κ3) is 7.08. The lowest BCUT2D eigenvalue weighted by molar-refractivity contribution is 0.00879. The highest BCUT2D eigenvalue weighted by Gasteiger charge is 2.53. The quantitative estimate of drug-likeness (QED) is 0.0976. The fourth-order valence-corrected chi connectivity index (χ4v) is 11.2. The van der Waals surface area contributed by atoms with Crippen molar-refractivity contribution < 1.29 is 38.0 Å². The molecule has 0 radical (unpaired) electrons. The number of amidine groups is 4. The van der Waals surface area contributed by atoms with Gasteiger partial charge >= 0.3 is 8.88 Å². The normalized spacial score (nSPS) is 15.4. The Balaban J connectivity index is 1.28. The Hall–Kier alpha value is -5.86. The maximum absolute atomic E-state index is 9.19. The van der Waals surface area contributed by atoms with Crippen molar-refractivity contribution >= 4 is 65.4 Å². The Labute approximate surface area is 350 Å². The lowest BCUT2D eigenvalue weighted by Gasteiger charge is -2.33. The summed E-state index contributed by atoms with van der Waals surface area (Å²) in [6.45, 7) is 2.05. The molecule has 4 aliphatic heterocycles. The first-order valence-electron chi connectivity index (χ1n) is 20.3. The summed E-state index contributed by atoms with van der Waals surface area (Å²) in [4.78, 5) is 31.9. The van der Waals surface area contributed by atoms with Gasteiger partial charge in [0.2, 0.25) is 0 Å². The van der Waals surface area contributed by atoms with Crippen LogP contribution in [0.3, 0.4) is 0 Å². The number of aromatic nitrogens is 2. The van der Waals surface area contributed by atoms with Gasteiger partial charge in [0.15, 0.2) is 23.3 Å². The van der Waals surface area contributed by atoms with Gasteiger partial charge in [0, 0.05) is 43.8 Å². The van der Waals surface area contributed by atoms with Gasteiger partial charge < -0.3 is 38.0 Å². The Morgan fingerprint density at radius 3 is 1.13 bits per heavy atom. The van der Waals surface area contributed by atoms with Crippen LogP contribution in [0.5, 0.6) is 0 Å². The van der Waals surface area contributed by atoms with E-state index < -0.39 is 8.88 Å². The summed E-state index contributed by atoms with van der Waals surface area (Å²) in [5, 5.41) is 21.6. The van der Waals surface area contributed by atoms with Crippen molar-refractivity contribution in [2.24, 2.45) is 30.0 Å². The van der Waals surface area contributed by atoms with Crippen molar-refractivity contribution in [3.63, 3.8) is 0 Å². The van der Waals surface area contributed by atoms with Crippen molar-refractivity contribution in [1.29, 1.82) is 0 Å². The second-order valence-corrected chi connectivity index (χ2v) is 16.8. The minimum absolute atomic E-state index is 0.0702. The zero-order valence-electron chi connectivity index (χ0n) is 33.1. The molecular formula is C44H42N8O8Si. The zero-order valence-corrected chi connectivity index (χ0v) is 34.1. The predicted octanol–water partition coefficient (Wildman–Crippen LogP) is 3.46. The number of benzene rings is 4. The van der Waals surface area contributed by atoms with E-state index >= 15 is 0 Å². The van der Waals surface area contributed by atoms with Gasteiger partial charge in [0.25, 0.3) is 0 Å². The maximum Gasteiger partial charge on any atom is 0.603 e. The smallest absolute Gasteiger partial charge is 0.394 e. The zero-order chi connectivity index (χ0) is 41.2. The van der Waals surface area contributed by atoms with Crippen molar-refractivity contribution in [1.82, 2.24) is 8.47 Å². The van der Waals surface area contributed by atoms with E-state index in [0.717, 1.165) is 43.8 Å². The topological polar surface area (TPSA) is 180 Å². The average Bonchev–Trinajstić information content (AvgIpc) is 4.01. The van der Waals surface area contributed by atoms with Gasteiger partial charge in [-0.05, 0) is 0 Å². The van der Waals surface area contributed by atoms with E-state index in [4.69, 9.17) is 57.8 Å². The summed E-state index contributed by atoms with van der Waals surface area (Å²) in [7, 11) is -4.34. The van der Waals surface area contributed by atoms with Crippen LogP contribution in [0.15, 0.2) is 127 Å². The van der Waals surface area contributed by atoms with Crippen LogP contribution in [0.1, 0.15) is 22.3 Å². The molecule has 10 rings (SSSR count). The van der Waals surface area contributed by atoms with E-state index in [1.165, 1.54) is 0 Å². The number of rotatable bonds is 18. The highest BCUT2D eigenvalue weighted by atomic mass is 28.4. The molecule has 4 aliphatic rings. The summed E-state index contributed by atoms with van der Waals surface area (Å²) >= 11 is 0. The molecule has 2 N–H and O–H groups in total. The molecular weight excluding hydrogens is 797 g/mol. The van der Waals surface area contributed by atoms with E-state index in [0.29, 0.717) is 72.4 Å². The molecule has 6 aromatic rings. The van der Waals surface area contributed by atoms with E-state index in [1.807, 2.05) is 106 Å². The summed E-state index contributed by atoms with van der Waals surface area (Å²) in [5.74, 6) is 3.02. The van der Waals surface area contributed by atoms with E-state index in [9.17, 15) is 10.2 Å². The van der Waals surface area contributed by atoms with Crippen LogP contribution >= 0.6 is 0 Å². The highest BCUT2D eigenvalue weighted by molar-refractivity contribution is 6.66. The third-order valence-electron chi connectivity index (χ3n) is 10.6. The molecule has 0 spiro atoms. The lowest BCUT2D eigenvalue weighted by atomic mass is 10.1. The molecule has 310 valence electrons. The van der Waals surface area contributed by atoms with Gasteiger partial charge in [-0.25, -0.2) is 30.0 Å². The number of aliphatic hydroxyl groups excluding tert-OH is 2. The van der Waals surface area contributed by atoms with Crippen LogP contribution in [0.4, 0.5) is 11.6 Å². The summed E-state index contributed by atoms with van der Waals surface area (Å²) in [6.07, 6.45) is 0. The highest BCUT2D eigenvalue weighted by Crippen LogP contribution is 2.43. The number of nitrogens with zero attached hydrogens (tertiary/aromatic N) is 8. The van der Waals surface area contributed by atoms with Crippen LogP contribution in [0, 0.1) is 0 Å². The number of hydrogen-bond donors (Lipinski definition) is 2. The fourth-order valence-electron chi connectivity index (χ4n) is 7.97. The number of aliphatic hydroxyl groups is 2. The molecule has 0 saturated heterocycles. The minimum Gasteiger partial charge on any atom is -0.394 e. The van der Waals surface area contributed by atoms with Gasteiger partial charge in [-0.15, -0.1) is 0 Å². The largest absolute Gasteiger partial charge is 0.603 e. The second-order valence-electron chi connectivity index (χ2n) is 14.3. The molecule has 0 saturated carbocycles. The Morgan fingerprint density at radius 1 is 0.377 bits per heavy atom. The molecule has 61 heavy (non-hydrogen) atoms. The third-order valence-corrected chi connectivity index (χ3v) is 13.7. The predicted molar refractivity (Wildman–Crippen MR) is 230 cm³/mol. The Kier molecular flexibility index (Phi) is 11.1. The van der Waals surface area contributed by atoms with Crippen molar-refractivity contribution in [3.8, 4) is 0 Å². The molecule has 0 unspecified atom stereocenters. The van der Waals surface area contributed by atoms with Gasteiger partial charge in [-0.3, -0.25) is 8.47 Å². The van der Waals surface area contributed by atoms with Gasteiger partial charge in [0.05, 0.1) is 79.3 Å². The molecule has 4 aromatic carbocycles. The fraction of sp³-hybridized carbons (Fsp3) is 0.273. The standard InChI is InChI=1S/C44H42N8O8Si/c53-17-19-55-21-23-57-25-27-59-61(60-28-26-58-24-22-56-20-18-54)51-41-33-13-5-6-14-34(33)43(51)49-39-31-11-3-4-12-32(31)40(46-39)50-44-36-16-8-7-15-35(36)42(52(44)61)48-38-30-10-2-1-9-29(30)37(45-38)47-41/h1-16,53-54H,17-28H2. The number of fused-ring (bicyclic) bond motifs is 14. The van der Waals surface area contributed by atoms with Crippen molar-refractivity contribution in [2.75, 3.05) is 79.3 Å². The van der Waals surface area contributed by atoms with Crippen LogP contribution < -0.4 is 11.0 Å². The SMILES string of the molecule is OCCOCCOCCO[Si]1(OCCOCCOCCO)n2c3c4ccccc4c2N=C2N=C(N=c4c5ccccc5c(n41)=NC1=NC(=N3)c3ccccc31)c1ccccc12. The molecule has 0 fully saturated rings. The molecule has 6 bridgehead atoms. The Bertz CT molecular complexity index is 2720. The molecule has 16 nitrogen and oxygen atoms in total. The van der Waals surface area contributed by atoms with Gasteiger partial charge in [-0.1, -0.05) is 97.1 Å². The van der Waals surface area contributed by atoms with Crippen LogP contribution in [0.25, 0.3) is 21.5 Å². The van der Waals surface area contributed by atoms with Gasteiger partial charge in [0.1, 0.15) is 22.6 Å². The van der Waals surface area contributed by atoms with E-state index in [1.54, 1.807) is 0 Å². The lowest BCUT2D eigenvalue weighted by Crippen LogP contribution is -2.64. The molecule has 0 amide bonds. The Morgan fingerprint density at radius 2 is 0.721 bits per heavy atom. The van der Waals surface area contributed by atoms with Crippen LogP contribution in [-0.2, 0) is 27.8 Å². The number of ether oxygens (including phenoxy) is 4. The van der Waals surface area contributed by atoms with Crippen LogP contribution in [-0.4, -0.2) is 130 Å². The van der Waals surface area contributed by atoms with Crippen molar-refractivity contribution in [2.45, 2.75) is 0 Å². The molecule has 0 atom stereocenters. The van der Waals surface area contributed by atoms with Crippen molar-refractivity contribution in [3.05, 3.63) is 130 Å². The summed E-state index contributed by atoms with van der Waals surface area (Å²) in [6, 6.07) is 31.9. The first-order chi connectivity index (χ1) is 30.2. The van der Waals surface area contributed by atoms with E-state index in [2.05, 4.69) is 0 Å². The summed E-state index contributed by atoms with van der Waals surface area (Å²) < 4.78 is 41.8. The first kappa shape index (κ1) is 39.3. The average molecular weight is 839 g/mol. The van der Waals surface area contributed by atoms with Crippen LogP contribution in [0.2, 0.25) is 0 Å². The first-order valence-corrected chi connectivity index (χ1v) is 22.0. The minimum atomic E-state index is -4.34.